The summed E-state index contributed by atoms with van der Waals surface area (Å²) in [6.07, 6.45) is 7.47. The molecule has 8 nitrogen and oxygen atoms in total. The Morgan fingerprint density at radius 2 is 1.84 bits per heavy atom. The molecular formula is C22H33N3O5S. The Morgan fingerprint density at radius 3 is 2.48 bits per heavy atom. The van der Waals surface area contributed by atoms with Crippen LogP contribution in [-0.2, 0) is 19.6 Å². The van der Waals surface area contributed by atoms with E-state index in [0.717, 1.165) is 30.0 Å². The van der Waals surface area contributed by atoms with Crippen LogP contribution in [0.15, 0.2) is 17.0 Å². The predicted octanol–water partition coefficient (Wildman–Crippen LogP) is 2.95. The molecule has 0 bridgehead atoms. The maximum atomic E-state index is 13.2. The van der Waals surface area contributed by atoms with Gasteiger partial charge in [-0.05, 0) is 37.8 Å². The predicted molar refractivity (Wildman–Crippen MR) is 119 cm³/mol. The lowest BCUT2D eigenvalue weighted by atomic mass is 9.97. The van der Waals surface area contributed by atoms with E-state index in [1.54, 1.807) is 13.0 Å². The van der Waals surface area contributed by atoms with Crippen LogP contribution in [0.3, 0.4) is 0 Å². The molecule has 2 N–H and O–H groups in total. The van der Waals surface area contributed by atoms with Crippen LogP contribution in [0, 0.1) is 6.92 Å². The molecule has 1 aliphatic carbocycles. The zero-order valence-electron chi connectivity index (χ0n) is 18.6. The summed E-state index contributed by atoms with van der Waals surface area (Å²) in [6, 6.07) is 3.14. The van der Waals surface area contributed by atoms with Crippen molar-refractivity contribution in [2.75, 3.05) is 18.9 Å². The second-order valence-electron chi connectivity index (χ2n) is 8.49. The molecule has 0 aromatic heterocycles. The van der Waals surface area contributed by atoms with E-state index in [1.165, 1.54) is 32.4 Å². The SMILES string of the molecule is CC[C@H]1Oc2cc(S(=O)(=O)N(C)CC(=O)NC3CCCCCCC3)c(C)cc2NC1=O. The van der Waals surface area contributed by atoms with E-state index in [9.17, 15) is 18.0 Å². The third-order valence-corrected chi connectivity index (χ3v) is 7.94. The standard InChI is InChI=1S/C22H33N3O5S/c1-4-18-22(27)24-17-12-15(2)20(13-19(17)30-18)31(28,29)25(3)14-21(26)23-16-10-8-6-5-7-9-11-16/h12-13,16,18H,4-11,14H2,1-3H3,(H,23,26)(H,24,27)/t18-/m1/s1. The van der Waals surface area contributed by atoms with Gasteiger partial charge in [-0.25, -0.2) is 8.42 Å². The highest BCUT2D eigenvalue weighted by Gasteiger charge is 2.31. The number of ether oxygens (including phenoxy) is 1. The first-order valence-electron chi connectivity index (χ1n) is 11.1. The number of sulfonamides is 1. The molecule has 1 aliphatic heterocycles. The molecule has 1 aromatic carbocycles. The Labute approximate surface area is 184 Å². The minimum Gasteiger partial charge on any atom is -0.478 e. The normalized spacial score (nSPS) is 20.3. The molecule has 1 aromatic rings. The lowest BCUT2D eigenvalue weighted by Gasteiger charge is -2.27. The van der Waals surface area contributed by atoms with Crippen LogP contribution in [-0.4, -0.2) is 50.3 Å². The first-order valence-corrected chi connectivity index (χ1v) is 12.5. The van der Waals surface area contributed by atoms with Crippen molar-refractivity contribution in [3.05, 3.63) is 17.7 Å². The summed E-state index contributed by atoms with van der Waals surface area (Å²) in [5.41, 5.74) is 0.931. The van der Waals surface area contributed by atoms with Gasteiger partial charge in [0.15, 0.2) is 6.10 Å². The number of nitrogens with zero attached hydrogens (tertiary/aromatic N) is 1. The van der Waals surface area contributed by atoms with Crippen LogP contribution < -0.4 is 15.4 Å². The van der Waals surface area contributed by atoms with E-state index >= 15 is 0 Å². The first kappa shape index (κ1) is 23.5. The number of carbonyl (C=O) groups excluding carboxylic acids is 2. The molecule has 1 heterocycles. The second-order valence-corrected chi connectivity index (χ2v) is 10.5. The number of rotatable bonds is 6. The summed E-state index contributed by atoms with van der Waals surface area (Å²) in [5.74, 6) is -0.210. The Kier molecular flexibility index (Phi) is 7.59. The molecule has 1 saturated carbocycles. The number of nitrogens with one attached hydrogen (secondary N) is 2. The van der Waals surface area contributed by atoms with Gasteiger partial charge in [0, 0.05) is 19.2 Å². The van der Waals surface area contributed by atoms with Crippen LogP contribution >= 0.6 is 0 Å². The molecule has 0 unspecified atom stereocenters. The highest BCUT2D eigenvalue weighted by Crippen LogP contribution is 2.35. The average Bonchev–Trinajstić information content (AvgIpc) is 2.68. The van der Waals surface area contributed by atoms with E-state index < -0.39 is 16.1 Å². The number of aryl methyl sites for hydroxylation is 1. The highest BCUT2D eigenvalue weighted by atomic mass is 32.2. The van der Waals surface area contributed by atoms with E-state index in [0.29, 0.717) is 23.4 Å². The summed E-state index contributed by atoms with van der Waals surface area (Å²) in [6.45, 7) is 3.24. The lowest BCUT2D eigenvalue weighted by Crippen LogP contribution is -2.43. The fraction of sp³-hybridized carbons (Fsp3) is 0.636. The summed E-state index contributed by atoms with van der Waals surface area (Å²) >= 11 is 0. The molecule has 1 atom stereocenters. The van der Waals surface area contributed by atoms with Gasteiger partial charge in [-0.1, -0.05) is 39.0 Å². The number of amides is 2. The highest BCUT2D eigenvalue weighted by molar-refractivity contribution is 7.89. The molecule has 1 fully saturated rings. The average molecular weight is 452 g/mol. The van der Waals surface area contributed by atoms with Crippen molar-refractivity contribution in [2.45, 2.75) is 82.3 Å². The summed E-state index contributed by atoms with van der Waals surface area (Å²) in [4.78, 5) is 24.6. The minimum atomic E-state index is -3.91. The Morgan fingerprint density at radius 1 is 1.19 bits per heavy atom. The monoisotopic (exact) mass is 451 g/mol. The molecule has 2 aliphatic rings. The van der Waals surface area contributed by atoms with E-state index in [2.05, 4.69) is 10.6 Å². The molecule has 0 radical (unpaired) electrons. The van der Waals surface area contributed by atoms with Crippen LogP contribution in [0.4, 0.5) is 5.69 Å². The topological polar surface area (TPSA) is 105 Å². The number of anilines is 1. The Hall–Kier alpha value is -2.13. The van der Waals surface area contributed by atoms with Gasteiger partial charge in [0.2, 0.25) is 15.9 Å². The minimum absolute atomic E-state index is 0.0681. The summed E-state index contributed by atoms with van der Waals surface area (Å²) < 4.78 is 33.1. The number of fused-ring (bicyclic) bond motifs is 1. The van der Waals surface area contributed by atoms with Gasteiger partial charge in [0.05, 0.1) is 17.1 Å². The number of likely N-dealkylation sites (N-methyl/N-ethyl adjacent to an activating group) is 1. The quantitative estimate of drug-likeness (QED) is 0.692. The third-order valence-electron chi connectivity index (χ3n) is 5.99. The van der Waals surface area contributed by atoms with Crippen molar-refractivity contribution in [1.29, 1.82) is 0 Å². The van der Waals surface area contributed by atoms with Crippen molar-refractivity contribution in [3.8, 4) is 5.75 Å². The van der Waals surface area contributed by atoms with Crippen LogP contribution in [0.1, 0.15) is 63.9 Å². The summed E-state index contributed by atoms with van der Waals surface area (Å²) in [5, 5.41) is 5.77. The molecule has 3 rings (SSSR count). The maximum absolute atomic E-state index is 13.2. The van der Waals surface area contributed by atoms with Crippen molar-refractivity contribution < 1.29 is 22.7 Å². The van der Waals surface area contributed by atoms with E-state index in [-0.39, 0.29) is 29.3 Å². The molecule has 9 heteroatoms. The van der Waals surface area contributed by atoms with Crippen molar-refractivity contribution in [3.63, 3.8) is 0 Å². The first-order chi connectivity index (χ1) is 14.7. The van der Waals surface area contributed by atoms with Gasteiger partial charge in [-0.2, -0.15) is 4.31 Å². The Balaban J connectivity index is 1.71. The summed E-state index contributed by atoms with van der Waals surface area (Å²) in [7, 11) is -2.50. The zero-order chi connectivity index (χ0) is 22.6. The van der Waals surface area contributed by atoms with Crippen molar-refractivity contribution in [2.24, 2.45) is 0 Å². The Bertz CT molecular complexity index is 923. The largest absolute Gasteiger partial charge is 0.478 e. The van der Waals surface area contributed by atoms with Crippen molar-refractivity contribution >= 4 is 27.5 Å². The fourth-order valence-corrected chi connectivity index (χ4v) is 5.50. The van der Waals surface area contributed by atoms with Gasteiger partial charge < -0.3 is 15.4 Å². The van der Waals surface area contributed by atoms with Crippen LogP contribution in [0.25, 0.3) is 0 Å². The molecule has 172 valence electrons. The fourth-order valence-electron chi connectivity index (χ4n) is 4.16. The second kappa shape index (κ2) is 9.99. The maximum Gasteiger partial charge on any atom is 0.265 e. The van der Waals surface area contributed by atoms with Gasteiger partial charge in [0.25, 0.3) is 5.91 Å². The van der Waals surface area contributed by atoms with Gasteiger partial charge in [-0.15, -0.1) is 0 Å². The number of hydrogen-bond acceptors (Lipinski definition) is 5. The molecule has 2 amide bonds. The molecule has 0 spiro atoms. The number of hydrogen-bond donors (Lipinski definition) is 2. The molecule has 31 heavy (non-hydrogen) atoms. The smallest absolute Gasteiger partial charge is 0.265 e. The number of carbonyl (C=O) groups is 2. The van der Waals surface area contributed by atoms with E-state index in [1.807, 2.05) is 6.92 Å². The van der Waals surface area contributed by atoms with Crippen LogP contribution in [0.5, 0.6) is 5.75 Å². The van der Waals surface area contributed by atoms with Gasteiger partial charge in [0.1, 0.15) is 5.75 Å². The molecule has 0 saturated heterocycles. The van der Waals surface area contributed by atoms with Gasteiger partial charge >= 0.3 is 0 Å². The van der Waals surface area contributed by atoms with Gasteiger partial charge in [-0.3, -0.25) is 9.59 Å². The zero-order valence-corrected chi connectivity index (χ0v) is 19.4. The van der Waals surface area contributed by atoms with E-state index in [4.69, 9.17) is 4.74 Å². The van der Waals surface area contributed by atoms with Crippen LogP contribution in [0.2, 0.25) is 0 Å². The third kappa shape index (κ3) is 5.57. The number of benzene rings is 1. The van der Waals surface area contributed by atoms with Crippen molar-refractivity contribution in [1.82, 2.24) is 9.62 Å². The molecular weight excluding hydrogens is 418 g/mol. The lowest BCUT2D eigenvalue weighted by molar-refractivity contribution is -0.123.